The number of β-lactam (4-membered cyclic amide) rings is 1. The normalized spacial score (nSPS) is 27.2. The molecule has 2 aliphatic rings. The van der Waals surface area contributed by atoms with Gasteiger partial charge >= 0.3 is 11.9 Å². The lowest BCUT2D eigenvalue weighted by Gasteiger charge is -2.50. The lowest BCUT2D eigenvalue weighted by Crippen LogP contribution is -2.83. The molecule has 1 unspecified atom stereocenters. The molecule has 174 valence electrons. The maximum atomic E-state index is 13.0. The second kappa shape index (κ2) is 7.72. The number of amides is 2. The molecule has 2 amide bonds. The van der Waals surface area contributed by atoms with Crippen molar-refractivity contribution in [3.8, 4) is 0 Å². The third-order valence-electron chi connectivity index (χ3n) is 5.46. The summed E-state index contributed by atoms with van der Waals surface area (Å²) < 4.78 is 26.6. The third-order valence-corrected chi connectivity index (χ3v) is 8.02. The fourth-order valence-corrected chi connectivity index (χ4v) is 6.06. The number of fused-ring (bicyclic) bond motifs is 1. The number of hydrogen-bond acceptors (Lipinski definition) is 9. The molecular weight excluding hydrogens is 464 g/mol. The lowest BCUT2D eigenvalue weighted by molar-refractivity contribution is -0.180. The Hall–Kier alpha value is -2.68. The summed E-state index contributed by atoms with van der Waals surface area (Å²) in [5.41, 5.74) is 4.02. The topological polar surface area (TPSA) is 199 Å². The fraction of sp³-hybridized carbons (Fsp3) is 0.444. The van der Waals surface area contributed by atoms with E-state index in [1.165, 1.54) is 12.1 Å². The number of sulfonamides is 1. The third kappa shape index (κ3) is 3.52. The Bertz CT molecular complexity index is 1100. The number of aliphatic carboxylic acids is 1. The Morgan fingerprint density at radius 3 is 2.28 bits per heavy atom. The van der Waals surface area contributed by atoms with Crippen molar-refractivity contribution in [3.05, 3.63) is 29.8 Å². The molecule has 1 aromatic rings. The van der Waals surface area contributed by atoms with Crippen LogP contribution in [0.15, 0.2) is 29.2 Å². The molecule has 2 fully saturated rings. The van der Waals surface area contributed by atoms with Gasteiger partial charge in [0.2, 0.25) is 21.5 Å². The van der Waals surface area contributed by atoms with Crippen LogP contribution < -0.4 is 16.2 Å². The SMILES string of the molecule is COC(=O)[C@]1(NC(=O)C(N)c2ccc(S(N)(=O)=O)cc2)C(=O)N2[C@@H](C(=O)O)C(C)(C)S[C@@H]21. The van der Waals surface area contributed by atoms with Gasteiger partial charge in [0.25, 0.3) is 5.91 Å². The Labute approximate surface area is 187 Å². The summed E-state index contributed by atoms with van der Waals surface area (Å²) in [7, 11) is -2.91. The second-order valence-corrected chi connectivity index (χ2v) is 11.2. The zero-order chi connectivity index (χ0) is 24.2. The molecule has 0 radical (unpaired) electrons. The zero-order valence-corrected chi connectivity index (χ0v) is 18.9. The number of carboxylic acid groups (broad SMARTS) is 1. The Morgan fingerprint density at radius 1 is 1.25 bits per heavy atom. The molecule has 2 aliphatic heterocycles. The monoisotopic (exact) mass is 486 g/mol. The van der Waals surface area contributed by atoms with Crippen molar-refractivity contribution in [2.45, 2.75) is 46.5 Å². The molecule has 14 heteroatoms. The summed E-state index contributed by atoms with van der Waals surface area (Å²) in [5, 5.41) is 16.0. The first-order valence-electron chi connectivity index (χ1n) is 9.20. The number of nitrogens with zero attached hydrogens (tertiary/aromatic N) is 1. The van der Waals surface area contributed by atoms with Crippen molar-refractivity contribution >= 4 is 45.5 Å². The van der Waals surface area contributed by atoms with Gasteiger partial charge in [-0.2, -0.15) is 0 Å². The summed E-state index contributed by atoms with van der Waals surface area (Å²) in [6.07, 6.45) is 0. The minimum atomic E-state index is -3.95. The molecule has 0 spiro atoms. The highest BCUT2D eigenvalue weighted by molar-refractivity contribution is 8.01. The molecule has 12 nitrogen and oxygen atoms in total. The standard InChI is InChI=1S/C18H22N4O8S2/c1-17(2)11(13(24)25)22-14(26)18(15(22)31-17,16(27)30-3)21-12(23)10(19)8-4-6-9(7-5-8)32(20,28)29/h4-7,10-11,15H,19H2,1-3H3,(H,21,23)(H,24,25)(H2,20,28,29)/t10?,11-,15+,18-/m0/s1. The molecule has 2 heterocycles. The van der Waals surface area contributed by atoms with Gasteiger partial charge in [-0.05, 0) is 31.5 Å². The van der Waals surface area contributed by atoms with Crippen molar-refractivity contribution in [2.24, 2.45) is 10.9 Å². The van der Waals surface area contributed by atoms with Crippen molar-refractivity contribution in [1.82, 2.24) is 10.2 Å². The fourth-order valence-electron chi connectivity index (χ4n) is 3.86. The number of nitrogens with one attached hydrogen (secondary N) is 1. The number of methoxy groups -OCH3 is 1. The van der Waals surface area contributed by atoms with Crippen molar-refractivity contribution in [3.63, 3.8) is 0 Å². The van der Waals surface area contributed by atoms with Crippen LogP contribution in [0.4, 0.5) is 0 Å². The first kappa shape index (κ1) is 24.0. The van der Waals surface area contributed by atoms with Crippen LogP contribution in [0.25, 0.3) is 0 Å². The maximum Gasteiger partial charge on any atom is 0.344 e. The molecule has 0 saturated carbocycles. The van der Waals surface area contributed by atoms with Gasteiger partial charge in [0.05, 0.1) is 12.0 Å². The number of carboxylic acids is 1. The van der Waals surface area contributed by atoms with Crippen LogP contribution >= 0.6 is 11.8 Å². The number of ether oxygens (including phenoxy) is 1. The van der Waals surface area contributed by atoms with Crippen molar-refractivity contribution in [1.29, 1.82) is 0 Å². The first-order valence-corrected chi connectivity index (χ1v) is 11.6. The van der Waals surface area contributed by atoms with Crippen LogP contribution in [-0.2, 0) is 33.9 Å². The summed E-state index contributed by atoms with van der Waals surface area (Å²) in [6.45, 7) is 3.23. The van der Waals surface area contributed by atoms with Gasteiger partial charge in [-0.3, -0.25) is 9.59 Å². The number of hydrogen-bond donors (Lipinski definition) is 4. The highest BCUT2D eigenvalue weighted by Crippen LogP contribution is 2.55. The molecule has 0 aliphatic carbocycles. The van der Waals surface area contributed by atoms with Gasteiger partial charge in [0, 0.05) is 4.75 Å². The number of thioether (sulfide) groups is 1. The number of rotatable bonds is 6. The number of esters is 1. The van der Waals surface area contributed by atoms with Crippen molar-refractivity contribution in [2.75, 3.05) is 7.11 Å². The summed E-state index contributed by atoms with van der Waals surface area (Å²) in [6, 6.07) is 2.30. The molecule has 4 atom stereocenters. The van der Waals surface area contributed by atoms with E-state index in [0.717, 1.165) is 35.9 Å². The number of carbonyl (C=O) groups excluding carboxylic acids is 3. The van der Waals surface area contributed by atoms with E-state index in [9.17, 15) is 32.7 Å². The van der Waals surface area contributed by atoms with E-state index < -0.39 is 61.5 Å². The average molecular weight is 487 g/mol. The highest BCUT2D eigenvalue weighted by atomic mass is 32.2. The van der Waals surface area contributed by atoms with Crippen LogP contribution in [0, 0.1) is 0 Å². The molecule has 1 aromatic carbocycles. The molecule has 6 N–H and O–H groups in total. The van der Waals surface area contributed by atoms with Crippen LogP contribution in [0.2, 0.25) is 0 Å². The van der Waals surface area contributed by atoms with E-state index in [2.05, 4.69) is 5.32 Å². The molecule has 32 heavy (non-hydrogen) atoms. The minimum Gasteiger partial charge on any atom is -0.480 e. The predicted octanol–water partition coefficient (Wildman–Crippen LogP) is -1.49. The minimum absolute atomic E-state index is 0.186. The van der Waals surface area contributed by atoms with Gasteiger partial charge in [0.1, 0.15) is 17.5 Å². The van der Waals surface area contributed by atoms with E-state index >= 15 is 0 Å². The quantitative estimate of drug-likeness (QED) is 0.209. The zero-order valence-electron chi connectivity index (χ0n) is 17.3. The largest absolute Gasteiger partial charge is 0.480 e. The Balaban J connectivity index is 1.90. The van der Waals surface area contributed by atoms with E-state index in [0.29, 0.717) is 0 Å². The number of carbonyl (C=O) groups is 4. The summed E-state index contributed by atoms with van der Waals surface area (Å²) >= 11 is 1.05. The van der Waals surface area contributed by atoms with Gasteiger partial charge in [-0.1, -0.05) is 12.1 Å². The van der Waals surface area contributed by atoms with E-state index in [1.807, 2.05) is 0 Å². The number of primary sulfonamides is 1. The van der Waals surface area contributed by atoms with Gasteiger partial charge in [-0.25, -0.2) is 23.1 Å². The Morgan fingerprint density at radius 2 is 1.81 bits per heavy atom. The van der Waals surface area contributed by atoms with Gasteiger partial charge < -0.3 is 25.8 Å². The average Bonchev–Trinajstić information content (AvgIpc) is 2.98. The predicted molar refractivity (Wildman–Crippen MR) is 111 cm³/mol. The van der Waals surface area contributed by atoms with Gasteiger partial charge in [-0.15, -0.1) is 11.8 Å². The number of nitrogens with two attached hydrogens (primary N) is 2. The number of benzene rings is 1. The molecule has 0 aromatic heterocycles. The summed E-state index contributed by atoms with van der Waals surface area (Å²) in [5.74, 6) is -4.12. The summed E-state index contributed by atoms with van der Waals surface area (Å²) in [4.78, 5) is 51.1. The van der Waals surface area contributed by atoms with Crippen LogP contribution in [0.5, 0.6) is 0 Å². The maximum absolute atomic E-state index is 13.0. The molecule has 3 rings (SSSR count). The first-order chi connectivity index (χ1) is 14.7. The lowest BCUT2D eigenvalue weighted by atomic mass is 9.84. The smallest absolute Gasteiger partial charge is 0.344 e. The van der Waals surface area contributed by atoms with E-state index in [-0.39, 0.29) is 10.5 Å². The van der Waals surface area contributed by atoms with Crippen molar-refractivity contribution < 1.29 is 37.4 Å². The van der Waals surface area contributed by atoms with Crippen LogP contribution in [0.1, 0.15) is 25.5 Å². The molecule has 0 bridgehead atoms. The van der Waals surface area contributed by atoms with Crippen LogP contribution in [-0.4, -0.2) is 71.0 Å². The Kier molecular flexibility index (Phi) is 5.78. The van der Waals surface area contributed by atoms with Crippen LogP contribution in [0.3, 0.4) is 0 Å². The highest BCUT2D eigenvalue weighted by Gasteiger charge is 2.76. The van der Waals surface area contributed by atoms with Gasteiger partial charge in [0.15, 0.2) is 0 Å². The second-order valence-electron chi connectivity index (χ2n) is 7.91. The molecule has 2 saturated heterocycles. The molecular formula is C18H22N4O8S2. The van der Waals surface area contributed by atoms with E-state index in [4.69, 9.17) is 15.6 Å². The van der Waals surface area contributed by atoms with E-state index in [1.54, 1.807) is 13.8 Å².